The van der Waals surface area contributed by atoms with Crippen LogP contribution in [0.25, 0.3) is 0 Å². The Labute approximate surface area is 154 Å². The number of anilines is 1. The van der Waals surface area contributed by atoms with Crippen molar-refractivity contribution in [1.29, 1.82) is 0 Å². The smallest absolute Gasteiger partial charge is 0.316 e. The highest BCUT2D eigenvalue weighted by atomic mass is 19.4. The van der Waals surface area contributed by atoms with E-state index in [2.05, 4.69) is 0 Å². The summed E-state index contributed by atoms with van der Waals surface area (Å²) in [6.45, 7) is 3.29. The van der Waals surface area contributed by atoms with E-state index in [1.54, 1.807) is 0 Å². The molecular formula is C16H17F9N2O. The number of rotatable bonds is 3. The molecule has 0 saturated heterocycles. The van der Waals surface area contributed by atoms with E-state index in [0.717, 1.165) is 38.2 Å². The van der Waals surface area contributed by atoms with Crippen LogP contribution in [0.4, 0.5) is 50.0 Å². The summed E-state index contributed by atoms with van der Waals surface area (Å²) in [6.07, 6.45) is -18.5. The fourth-order valence-electron chi connectivity index (χ4n) is 2.53. The van der Waals surface area contributed by atoms with Crippen LogP contribution in [0.15, 0.2) is 24.3 Å². The number of benzene rings is 1. The molecule has 3 nitrogen and oxygen atoms in total. The third kappa shape index (κ3) is 5.44. The van der Waals surface area contributed by atoms with E-state index in [4.69, 9.17) is 0 Å². The molecule has 0 aromatic heterocycles. The van der Waals surface area contributed by atoms with Crippen LogP contribution in [0, 0.1) is 5.41 Å². The minimum Gasteiger partial charge on any atom is -0.316 e. The first-order chi connectivity index (χ1) is 12.3. The topological polar surface area (TPSA) is 41.1 Å². The lowest BCUT2D eigenvalue weighted by molar-refractivity contribution is -0.310. The lowest BCUT2D eigenvalue weighted by Crippen LogP contribution is -2.69. The predicted molar refractivity (Wildman–Crippen MR) is 82.5 cm³/mol. The van der Waals surface area contributed by atoms with Crippen molar-refractivity contribution in [2.75, 3.05) is 5.32 Å². The molecule has 12 heteroatoms. The molecule has 0 fully saturated rings. The molecule has 1 aromatic rings. The number of carbonyl (C=O) groups excluding carboxylic acids is 1. The van der Waals surface area contributed by atoms with Gasteiger partial charge in [0.2, 0.25) is 5.54 Å². The van der Waals surface area contributed by atoms with Crippen molar-refractivity contribution in [1.82, 2.24) is 5.32 Å². The van der Waals surface area contributed by atoms with E-state index in [9.17, 15) is 44.3 Å². The Bertz CT molecular complexity index is 686. The summed E-state index contributed by atoms with van der Waals surface area (Å²) < 4.78 is 119. The van der Waals surface area contributed by atoms with E-state index in [-0.39, 0.29) is 0 Å². The van der Waals surface area contributed by atoms with Crippen molar-refractivity contribution >= 4 is 11.7 Å². The van der Waals surface area contributed by atoms with Crippen LogP contribution in [0.2, 0.25) is 0 Å². The normalized spacial score (nSPS) is 14.0. The van der Waals surface area contributed by atoms with Crippen LogP contribution in [0.1, 0.15) is 32.8 Å². The zero-order valence-corrected chi connectivity index (χ0v) is 14.8. The SMILES string of the molecule is CC(C)(C)CC(NC(=O)Nc1ccccc1C(F)(F)F)(C(F)(F)F)C(F)(F)F. The number of hydrogen-bond donors (Lipinski definition) is 2. The third-order valence-corrected chi connectivity index (χ3v) is 3.57. The van der Waals surface area contributed by atoms with E-state index in [1.165, 1.54) is 5.32 Å². The second-order valence-corrected chi connectivity index (χ2v) is 7.26. The average Bonchev–Trinajstić information content (AvgIpc) is 2.41. The van der Waals surface area contributed by atoms with Crippen LogP contribution < -0.4 is 10.6 Å². The number of halogens is 9. The summed E-state index contributed by atoms with van der Waals surface area (Å²) in [5.74, 6) is 0. The van der Waals surface area contributed by atoms with Crippen LogP contribution in [-0.4, -0.2) is 23.9 Å². The van der Waals surface area contributed by atoms with E-state index < -0.39 is 53.2 Å². The maximum absolute atomic E-state index is 13.4. The minimum absolute atomic E-state index is 0.519. The maximum Gasteiger partial charge on any atom is 0.420 e. The Balaban J connectivity index is 3.33. The van der Waals surface area contributed by atoms with E-state index in [1.807, 2.05) is 0 Å². The summed E-state index contributed by atoms with van der Waals surface area (Å²) in [7, 11) is 0. The highest BCUT2D eigenvalue weighted by molar-refractivity contribution is 5.91. The molecule has 1 aromatic carbocycles. The van der Waals surface area contributed by atoms with Gasteiger partial charge >= 0.3 is 24.6 Å². The van der Waals surface area contributed by atoms with Gasteiger partial charge in [-0.2, -0.15) is 39.5 Å². The van der Waals surface area contributed by atoms with Gasteiger partial charge in [0.05, 0.1) is 11.3 Å². The number of para-hydroxylation sites is 1. The predicted octanol–water partition coefficient (Wildman–Crippen LogP) is 6.13. The van der Waals surface area contributed by atoms with E-state index >= 15 is 0 Å². The van der Waals surface area contributed by atoms with Crippen LogP contribution in [-0.2, 0) is 6.18 Å². The number of nitrogens with one attached hydrogen (secondary N) is 2. The van der Waals surface area contributed by atoms with Gasteiger partial charge in [0.1, 0.15) is 0 Å². The average molecular weight is 424 g/mol. The molecule has 0 aliphatic heterocycles. The number of alkyl halides is 9. The fourth-order valence-corrected chi connectivity index (χ4v) is 2.53. The molecule has 0 heterocycles. The van der Waals surface area contributed by atoms with Gasteiger partial charge < -0.3 is 10.6 Å². The van der Waals surface area contributed by atoms with Gasteiger partial charge in [-0.3, -0.25) is 0 Å². The van der Waals surface area contributed by atoms with Crippen molar-refractivity contribution in [3.05, 3.63) is 29.8 Å². The van der Waals surface area contributed by atoms with Gasteiger partial charge in [-0.15, -0.1) is 0 Å². The summed E-state index contributed by atoms with van der Waals surface area (Å²) >= 11 is 0. The van der Waals surface area contributed by atoms with Gasteiger partial charge in [-0.25, -0.2) is 4.79 Å². The first kappa shape index (κ1) is 23.9. The zero-order chi connectivity index (χ0) is 22.2. The molecule has 0 saturated carbocycles. The largest absolute Gasteiger partial charge is 0.420 e. The molecule has 0 aliphatic carbocycles. The summed E-state index contributed by atoms with van der Waals surface area (Å²) in [5, 5.41) is 2.26. The van der Waals surface area contributed by atoms with Crippen LogP contribution >= 0.6 is 0 Å². The van der Waals surface area contributed by atoms with Gasteiger partial charge in [0.15, 0.2) is 0 Å². The van der Waals surface area contributed by atoms with Gasteiger partial charge in [-0.05, 0) is 24.0 Å². The lowest BCUT2D eigenvalue weighted by atomic mass is 9.78. The van der Waals surface area contributed by atoms with Crippen LogP contribution in [0.5, 0.6) is 0 Å². The maximum atomic E-state index is 13.4. The number of carbonyl (C=O) groups is 1. The number of hydrogen-bond acceptors (Lipinski definition) is 1. The van der Waals surface area contributed by atoms with E-state index in [0.29, 0.717) is 12.1 Å². The highest BCUT2D eigenvalue weighted by Gasteiger charge is 2.72. The minimum atomic E-state index is -5.96. The molecule has 0 aliphatic rings. The van der Waals surface area contributed by atoms with Crippen molar-refractivity contribution in [2.24, 2.45) is 5.41 Å². The Morgan fingerprint density at radius 2 is 1.32 bits per heavy atom. The Morgan fingerprint density at radius 1 is 0.857 bits per heavy atom. The molecule has 1 rings (SSSR count). The lowest BCUT2D eigenvalue weighted by Gasteiger charge is -2.41. The summed E-state index contributed by atoms with van der Waals surface area (Å²) in [5.41, 5.74) is -8.61. The molecule has 0 atom stereocenters. The number of amides is 2. The molecule has 160 valence electrons. The quantitative estimate of drug-likeness (QED) is 0.564. The molecule has 2 amide bonds. The third-order valence-electron chi connectivity index (χ3n) is 3.57. The first-order valence-corrected chi connectivity index (χ1v) is 7.69. The molecule has 28 heavy (non-hydrogen) atoms. The molecule has 2 N–H and O–H groups in total. The van der Waals surface area contributed by atoms with Crippen LogP contribution in [0.3, 0.4) is 0 Å². The summed E-state index contributed by atoms with van der Waals surface area (Å²) in [4.78, 5) is 11.9. The van der Waals surface area contributed by atoms with Crippen molar-refractivity contribution in [2.45, 2.75) is 51.3 Å². The summed E-state index contributed by atoms with van der Waals surface area (Å²) in [6, 6.07) is 1.12. The second kappa shape index (κ2) is 7.36. The molecular weight excluding hydrogens is 407 g/mol. The molecule has 0 spiro atoms. The monoisotopic (exact) mass is 424 g/mol. The Hall–Kier alpha value is -2.14. The molecule has 0 radical (unpaired) electrons. The van der Waals surface area contributed by atoms with Gasteiger partial charge in [0, 0.05) is 0 Å². The van der Waals surface area contributed by atoms with Gasteiger partial charge in [-0.1, -0.05) is 32.9 Å². The Kier molecular flexibility index (Phi) is 6.28. The Morgan fingerprint density at radius 3 is 1.71 bits per heavy atom. The molecule has 0 bridgehead atoms. The zero-order valence-electron chi connectivity index (χ0n) is 14.8. The second-order valence-electron chi connectivity index (χ2n) is 7.26. The molecule has 0 unspecified atom stereocenters. The fraction of sp³-hybridized carbons (Fsp3) is 0.562. The highest BCUT2D eigenvalue weighted by Crippen LogP contribution is 2.49. The standard InChI is InChI=1S/C16H17F9N2O/c1-12(2,3)8-13(15(20,21)22,16(23,24)25)27-11(28)26-10-7-5-4-6-9(10)14(17,18)19/h4-7H,8H2,1-3H3,(H2,26,27,28). The number of urea groups is 1. The van der Waals surface area contributed by atoms with Crippen molar-refractivity contribution in [3.8, 4) is 0 Å². The van der Waals surface area contributed by atoms with Crippen molar-refractivity contribution in [3.63, 3.8) is 0 Å². The van der Waals surface area contributed by atoms with Gasteiger partial charge in [0.25, 0.3) is 0 Å². The van der Waals surface area contributed by atoms with Crippen molar-refractivity contribution < 1.29 is 44.3 Å². The first-order valence-electron chi connectivity index (χ1n) is 7.69.